The summed E-state index contributed by atoms with van der Waals surface area (Å²) in [6.07, 6.45) is 5.70. The van der Waals surface area contributed by atoms with E-state index in [4.69, 9.17) is 16.0 Å². The molecule has 0 bridgehead atoms. The van der Waals surface area contributed by atoms with Gasteiger partial charge >= 0.3 is 0 Å². The Morgan fingerprint density at radius 2 is 1.84 bits per heavy atom. The highest BCUT2D eigenvalue weighted by Gasteiger charge is 2.19. The number of halogens is 1. The number of allylic oxidation sites excluding steroid dienone is 2. The summed E-state index contributed by atoms with van der Waals surface area (Å²) < 4.78 is 10.4. The summed E-state index contributed by atoms with van der Waals surface area (Å²) in [5, 5.41) is 7.31. The molecule has 0 aliphatic carbocycles. The summed E-state index contributed by atoms with van der Waals surface area (Å²) in [5.74, 6) is 1.15. The van der Waals surface area contributed by atoms with Crippen LogP contribution in [-0.4, -0.2) is 38.3 Å². The summed E-state index contributed by atoms with van der Waals surface area (Å²) in [6.45, 7) is 22.9. The summed E-state index contributed by atoms with van der Waals surface area (Å²) in [6, 6.07) is 9.53. The molecule has 0 aliphatic heterocycles. The highest BCUT2D eigenvalue weighted by Crippen LogP contribution is 2.26. The zero-order valence-electron chi connectivity index (χ0n) is 24.0. The number of benzene rings is 1. The van der Waals surface area contributed by atoms with Crippen molar-refractivity contribution in [1.82, 2.24) is 10.6 Å². The van der Waals surface area contributed by atoms with Crippen molar-refractivity contribution in [2.24, 2.45) is 0 Å². The average molecular weight is 531 g/mol. The SMILES string of the molecule is C=C(C)/C(C)=C/CNC(CC)CC(C)NC(=O)c1cc(-c2ccc(Cl)cc2)oc1C.C=CCOC.CC. The number of hydrogen-bond acceptors (Lipinski definition) is 4. The molecule has 0 radical (unpaired) electrons. The van der Waals surface area contributed by atoms with E-state index in [-0.39, 0.29) is 11.9 Å². The quantitative estimate of drug-likeness (QED) is 0.214. The van der Waals surface area contributed by atoms with Gasteiger partial charge < -0.3 is 19.8 Å². The number of aryl methyl sites for hydroxylation is 1. The molecule has 0 fully saturated rings. The fraction of sp³-hybridized carbons (Fsp3) is 0.452. The van der Waals surface area contributed by atoms with Crippen LogP contribution in [0.1, 0.15) is 70.5 Å². The predicted molar refractivity (Wildman–Crippen MR) is 160 cm³/mol. The van der Waals surface area contributed by atoms with Gasteiger partial charge in [-0.2, -0.15) is 0 Å². The Kier molecular flexibility index (Phi) is 18.1. The maximum Gasteiger partial charge on any atom is 0.255 e. The molecule has 0 saturated carbocycles. The summed E-state index contributed by atoms with van der Waals surface area (Å²) in [4.78, 5) is 12.8. The highest BCUT2D eigenvalue weighted by atomic mass is 35.5. The van der Waals surface area contributed by atoms with Crippen LogP contribution < -0.4 is 10.6 Å². The number of amides is 1. The number of nitrogens with one attached hydrogen (secondary N) is 2. The Bertz CT molecular complexity index is 977. The van der Waals surface area contributed by atoms with Gasteiger partial charge in [0.25, 0.3) is 5.91 Å². The lowest BCUT2D eigenvalue weighted by Crippen LogP contribution is -2.39. The molecule has 1 aromatic heterocycles. The van der Waals surface area contributed by atoms with E-state index in [9.17, 15) is 4.79 Å². The van der Waals surface area contributed by atoms with Crippen molar-refractivity contribution in [3.63, 3.8) is 0 Å². The van der Waals surface area contributed by atoms with E-state index in [1.807, 2.05) is 58.9 Å². The minimum absolute atomic E-state index is 0.0365. The first-order valence-electron chi connectivity index (χ1n) is 13.0. The first-order chi connectivity index (χ1) is 17.6. The molecule has 2 aromatic rings. The zero-order valence-corrected chi connectivity index (χ0v) is 24.8. The van der Waals surface area contributed by atoms with Crippen LogP contribution in [0.3, 0.4) is 0 Å². The van der Waals surface area contributed by atoms with Gasteiger partial charge in [0.05, 0.1) is 12.2 Å². The van der Waals surface area contributed by atoms with Crippen molar-refractivity contribution >= 4 is 17.5 Å². The third-order valence-corrected chi connectivity index (χ3v) is 5.82. The van der Waals surface area contributed by atoms with Crippen LogP contribution >= 0.6 is 11.6 Å². The van der Waals surface area contributed by atoms with Crippen molar-refractivity contribution in [2.75, 3.05) is 20.3 Å². The molecule has 1 heterocycles. The summed E-state index contributed by atoms with van der Waals surface area (Å²) in [5.41, 5.74) is 3.74. The summed E-state index contributed by atoms with van der Waals surface area (Å²) in [7, 11) is 1.64. The number of carbonyl (C=O) groups excluding carboxylic acids is 1. The van der Waals surface area contributed by atoms with Gasteiger partial charge in [0, 0.05) is 36.3 Å². The lowest BCUT2D eigenvalue weighted by molar-refractivity contribution is 0.0934. The Hall–Kier alpha value is -2.60. The zero-order chi connectivity index (χ0) is 28.4. The Morgan fingerprint density at radius 3 is 2.32 bits per heavy atom. The monoisotopic (exact) mass is 530 g/mol. The number of hydrogen-bond donors (Lipinski definition) is 2. The van der Waals surface area contributed by atoms with Crippen LogP contribution in [0.25, 0.3) is 11.3 Å². The van der Waals surface area contributed by atoms with Gasteiger partial charge in [0.15, 0.2) is 0 Å². The molecule has 5 nitrogen and oxygen atoms in total. The number of methoxy groups -OCH3 is 1. The van der Waals surface area contributed by atoms with E-state index in [1.54, 1.807) is 19.3 Å². The molecule has 37 heavy (non-hydrogen) atoms. The minimum atomic E-state index is -0.114. The second-order valence-corrected chi connectivity index (χ2v) is 9.06. The average Bonchev–Trinajstić information content (AvgIpc) is 3.27. The van der Waals surface area contributed by atoms with Crippen molar-refractivity contribution in [3.05, 3.63) is 83.1 Å². The standard InChI is InChI=1S/C25H33ClN2O2.C4H8O.C2H6/c1-7-22(27-13-12-17(4)16(2)3)14-18(5)28-25(29)23-15-24(30-19(23)6)20-8-10-21(26)11-9-20;1-3-4-5-2;1-2/h8-12,15,18,22,27H,2,7,13-14H2,1,3-6H3,(H,28,29);3H,1,4H2,2H3;1-2H3/b17-12+;;. The molecule has 2 rings (SSSR count). The van der Waals surface area contributed by atoms with Crippen LogP contribution in [0, 0.1) is 6.92 Å². The molecular formula is C31H47ClN2O3. The van der Waals surface area contributed by atoms with E-state index < -0.39 is 0 Å². The predicted octanol–water partition coefficient (Wildman–Crippen LogP) is 8.15. The second kappa shape index (κ2) is 19.5. The lowest BCUT2D eigenvalue weighted by atomic mass is 10.0. The molecule has 0 aliphatic rings. The smallest absolute Gasteiger partial charge is 0.255 e. The minimum Gasteiger partial charge on any atom is -0.461 e. The molecule has 2 atom stereocenters. The van der Waals surface area contributed by atoms with E-state index in [0.717, 1.165) is 30.5 Å². The van der Waals surface area contributed by atoms with Gasteiger partial charge in [-0.1, -0.05) is 62.2 Å². The van der Waals surface area contributed by atoms with Crippen molar-refractivity contribution in [3.8, 4) is 11.3 Å². The van der Waals surface area contributed by atoms with Gasteiger partial charge in [-0.25, -0.2) is 0 Å². The summed E-state index contributed by atoms with van der Waals surface area (Å²) >= 11 is 5.95. The van der Waals surface area contributed by atoms with Gasteiger partial charge in [-0.3, -0.25) is 4.79 Å². The van der Waals surface area contributed by atoms with E-state index in [0.29, 0.717) is 34.8 Å². The topological polar surface area (TPSA) is 63.5 Å². The van der Waals surface area contributed by atoms with Gasteiger partial charge in [0.1, 0.15) is 11.5 Å². The van der Waals surface area contributed by atoms with Crippen LogP contribution in [0.2, 0.25) is 5.02 Å². The molecule has 2 unspecified atom stereocenters. The van der Waals surface area contributed by atoms with Gasteiger partial charge in [-0.05, 0) is 70.9 Å². The Balaban J connectivity index is 0.00000165. The first kappa shape index (κ1) is 34.4. The van der Waals surface area contributed by atoms with Crippen molar-refractivity contribution in [2.45, 2.75) is 73.4 Å². The maximum absolute atomic E-state index is 12.8. The molecular weight excluding hydrogens is 484 g/mol. The third-order valence-electron chi connectivity index (χ3n) is 5.57. The Morgan fingerprint density at radius 1 is 1.22 bits per heavy atom. The Labute approximate surface area is 230 Å². The van der Waals surface area contributed by atoms with Crippen LogP contribution in [0.4, 0.5) is 0 Å². The van der Waals surface area contributed by atoms with E-state index in [1.165, 1.54) is 5.57 Å². The number of ether oxygens (including phenoxy) is 1. The van der Waals surface area contributed by atoms with Gasteiger partial charge in [0.2, 0.25) is 0 Å². The normalized spacial score (nSPS) is 12.3. The number of furan rings is 1. The molecule has 0 saturated heterocycles. The van der Waals surface area contributed by atoms with Gasteiger partial charge in [-0.15, -0.1) is 6.58 Å². The van der Waals surface area contributed by atoms with E-state index >= 15 is 0 Å². The fourth-order valence-electron chi connectivity index (χ4n) is 3.32. The van der Waals surface area contributed by atoms with Crippen molar-refractivity contribution < 1.29 is 13.9 Å². The number of rotatable bonds is 12. The second-order valence-electron chi connectivity index (χ2n) is 8.62. The van der Waals surface area contributed by atoms with Crippen LogP contribution in [0.15, 0.2) is 71.2 Å². The first-order valence-corrected chi connectivity index (χ1v) is 13.3. The van der Waals surface area contributed by atoms with Crippen LogP contribution in [-0.2, 0) is 4.74 Å². The fourth-order valence-corrected chi connectivity index (χ4v) is 3.44. The molecule has 206 valence electrons. The molecule has 2 N–H and O–H groups in total. The number of carbonyl (C=O) groups is 1. The van der Waals surface area contributed by atoms with E-state index in [2.05, 4.69) is 48.5 Å². The molecule has 0 spiro atoms. The van der Waals surface area contributed by atoms with Crippen molar-refractivity contribution in [1.29, 1.82) is 0 Å². The molecule has 1 amide bonds. The third kappa shape index (κ3) is 13.5. The molecule has 6 heteroatoms. The lowest BCUT2D eigenvalue weighted by Gasteiger charge is -2.21. The molecule has 1 aromatic carbocycles. The highest BCUT2D eigenvalue weighted by molar-refractivity contribution is 6.30. The van der Waals surface area contributed by atoms with Crippen LogP contribution in [0.5, 0.6) is 0 Å². The maximum atomic E-state index is 12.8. The largest absolute Gasteiger partial charge is 0.461 e.